The average Bonchev–Trinajstić information content (AvgIpc) is 2.66. The van der Waals surface area contributed by atoms with Crippen molar-refractivity contribution < 1.29 is 29.2 Å². The third-order valence-corrected chi connectivity index (χ3v) is 4.64. The lowest BCUT2D eigenvalue weighted by molar-refractivity contribution is -0.335. The minimum Gasteiger partial charge on any atom is -0.508 e. The molecule has 6 heteroatoms. The predicted molar refractivity (Wildman–Crippen MR) is 92.8 cm³/mol. The molecule has 0 spiro atoms. The fourth-order valence-corrected chi connectivity index (χ4v) is 3.20. The van der Waals surface area contributed by atoms with Gasteiger partial charge < -0.3 is 29.2 Å². The van der Waals surface area contributed by atoms with Gasteiger partial charge >= 0.3 is 0 Å². The number of rotatable bonds is 4. The first kappa shape index (κ1) is 17.3. The summed E-state index contributed by atoms with van der Waals surface area (Å²) in [4.78, 5) is 0. The van der Waals surface area contributed by atoms with Crippen LogP contribution in [0.1, 0.15) is 11.1 Å². The van der Waals surface area contributed by atoms with Crippen LogP contribution in [0.25, 0.3) is 0 Å². The Kier molecular flexibility index (Phi) is 5.08. The highest BCUT2D eigenvalue weighted by Gasteiger charge is 2.38. The highest BCUT2D eigenvalue weighted by atomic mass is 16.8. The van der Waals surface area contributed by atoms with Crippen LogP contribution < -0.4 is 0 Å². The second-order valence-corrected chi connectivity index (χ2v) is 6.62. The van der Waals surface area contributed by atoms with Crippen molar-refractivity contribution in [2.75, 3.05) is 13.2 Å². The Morgan fingerprint density at radius 1 is 0.654 bits per heavy atom. The van der Waals surface area contributed by atoms with E-state index in [1.807, 2.05) is 24.3 Å². The molecule has 26 heavy (non-hydrogen) atoms. The number of benzene rings is 2. The zero-order valence-electron chi connectivity index (χ0n) is 14.3. The standard InChI is InChI=1S/C20H22O6/c21-15-5-1-13(2-6-15)9-19-23-11-18-17(25-19)12-24-20(26-18)10-14-3-7-16(22)8-4-14/h1-8,17-22H,9-12H2. The minimum atomic E-state index is -0.346. The number of ether oxygens (including phenoxy) is 4. The molecule has 2 aromatic carbocycles. The van der Waals surface area contributed by atoms with Crippen LogP contribution in [0.2, 0.25) is 0 Å². The van der Waals surface area contributed by atoms with Crippen molar-refractivity contribution in [2.45, 2.75) is 37.6 Å². The highest BCUT2D eigenvalue weighted by molar-refractivity contribution is 5.27. The number of fused-ring (bicyclic) bond motifs is 1. The van der Waals surface area contributed by atoms with E-state index in [0.717, 1.165) is 11.1 Å². The Hall–Kier alpha value is -2.12. The smallest absolute Gasteiger partial charge is 0.162 e. The van der Waals surface area contributed by atoms with Crippen LogP contribution in [0, 0.1) is 0 Å². The van der Waals surface area contributed by atoms with E-state index in [2.05, 4.69) is 0 Å². The molecule has 2 aliphatic heterocycles. The Bertz CT molecular complexity index is 651. The van der Waals surface area contributed by atoms with Gasteiger partial charge in [-0.15, -0.1) is 0 Å². The zero-order chi connectivity index (χ0) is 17.9. The van der Waals surface area contributed by atoms with Gasteiger partial charge in [0.25, 0.3) is 0 Å². The molecule has 0 radical (unpaired) electrons. The van der Waals surface area contributed by atoms with E-state index in [9.17, 15) is 10.2 Å². The topological polar surface area (TPSA) is 77.4 Å². The van der Waals surface area contributed by atoms with Crippen molar-refractivity contribution in [2.24, 2.45) is 0 Å². The van der Waals surface area contributed by atoms with Crippen LogP contribution in [0.15, 0.2) is 48.5 Å². The molecule has 138 valence electrons. The normalized spacial score (nSPS) is 28.5. The van der Waals surface area contributed by atoms with Crippen molar-refractivity contribution in [1.82, 2.24) is 0 Å². The van der Waals surface area contributed by atoms with Crippen LogP contribution in [0.5, 0.6) is 11.5 Å². The van der Waals surface area contributed by atoms with E-state index in [4.69, 9.17) is 18.9 Å². The average molecular weight is 358 g/mol. The SMILES string of the molecule is Oc1ccc(CC2OCC3OC(Cc4ccc(O)cc4)OCC3O2)cc1. The van der Waals surface area contributed by atoms with Crippen LogP contribution in [0.3, 0.4) is 0 Å². The fraction of sp³-hybridized carbons (Fsp3) is 0.400. The first-order chi connectivity index (χ1) is 12.7. The lowest BCUT2D eigenvalue weighted by Gasteiger charge is -2.41. The molecular weight excluding hydrogens is 336 g/mol. The summed E-state index contributed by atoms with van der Waals surface area (Å²) in [5, 5.41) is 18.7. The van der Waals surface area contributed by atoms with Crippen LogP contribution in [-0.2, 0) is 31.8 Å². The summed E-state index contributed by atoms with van der Waals surface area (Å²) < 4.78 is 23.5. The van der Waals surface area contributed by atoms with Crippen molar-refractivity contribution in [3.63, 3.8) is 0 Å². The van der Waals surface area contributed by atoms with Crippen LogP contribution >= 0.6 is 0 Å². The van der Waals surface area contributed by atoms with Crippen molar-refractivity contribution in [3.05, 3.63) is 59.7 Å². The second kappa shape index (κ2) is 7.63. The molecule has 2 saturated heterocycles. The van der Waals surface area contributed by atoms with Gasteiger partial charge in [0.2, 0.25) is 0 Å². The second-order valence-electron chi connectivity index (χ2n) is 6.62. The maximum absolute atomic E-state index is 9.35. The number of phenols is 2. The van der Waals surface area contributed by atoms with E-state index in [0.29, 0.717) is 26.1 Å². The summed E-state index contributed by atoms with van der Waals surface area (Å²) in [5.74, 6) is 0.487. The Balaban J connectivity index is 1.29. The van der Waals surface area contributed by atoms with Crippen LogP contribution in [0.4, 0.5) is 0 Å². The quantitative estimate of drug-likeness (QED) is 0.874. The van der Waals surface area contributed by atoms with Crippen molar-refractivity contribution in [1.29, 1.82) is 0 Å². The lowest BCUT2D eigenvalue weighted by atomic mass is 10.1. The summed E-state index contributed by atoms with van der Waals surface area (Å²) in [6.07, 6.45) is 0.230. The summed E-state index contributed by atoms with van der Waals surface area (Å²) in [7, 11) is 0. The van der Waals surface area contributed by atoms with Crippen LogP contribution in [-0.4, -0.2) is 48.2 Å². The molecule has 2 aromatic rings. The molecule has 4 unspecified atom stereocenters. The Morgan fingerprint density at radius 3 is 1.42 bits per heavy atom. The lowest BCUT2D eigenvalue weighted by Crippen LogP contribution is -2.53. The monoisotopic (exact) mass is 358 g/mol. The fourth-order valence-electron chi connectivity index (χ4n) is 3.20. The largest absolute Gasteiger partial charge is 0.508 e. The van der Waals surface area contributed by atoms with E-state index in [1.54, 1.807) is 24.3 Å². The van der Waals surface area contributed by atoms with E-state index in [1.165, 1.54) is 0 Å². The van der Waals surface area contributed by atoms with Gasteiger partial charge in [-0.2, -0.15) is 0 Å². The number of aromatic hydroxyl groups is 2. The van der Waals surface area contributed by atoms with Gasteiger partial charge in [0, 0.05) is 12.8 Å². The van der Waals surface area contributed by atoms with Gasteiger partial charge in [0.15, 0.2) is 12.6 Å². The van der Waals surface area contributed by atoms with Gasteiger partial charge in [-0.05, 0) is 35.4 Å². The minimum absolute atomic E-state index is 0.151. The summed E-state index contributed by atoms with van der Waals surface area (Å²) in [5.41, 5.74) is 2.07. The highest BCUT2D eigenvalue weighted by Crippen LogP contribution is 2.26. The molecule has 4 rings (SSSR count). The molecule has 4 atom stereocenters. The predicted octanol–water partition coefficient (Wildman–Crippen LogP) is 2.37. The molecule has 0 aliphatic carbocycles. The first-order valence-corrected chi connectivity index (χ1v) is 8.75. The van der Waals surface area contributed by atoms with Gasteiger partial charge in [-0.3, -0.25) is 0 Å². The molecule has 0 saturated carbocycles. The third-order valence-electron chi connectivity index (χ3n) is 4.64. The van der Waals surface area contributed by atoms with Gasteiger partial charge in [-0.25, -0.2) is 0 Å². The zero-order valence-corrected chi connectivity index (χ0v) is 14.3. The number of hydrogen-bond donors (Lipinski definition) is 2. The first-order valence-electron chi connectivity index (χ1n) is 8.75. The van der Waals surface area contributed by atoms with Crippen molar-refractivity contribution >= 4 is 0 Å². The summed E-state index contributed by atoms with van der Waals surface area (Å²) in [6.45, 7) is 0.922. The van der Waals surface area contributed by atoms with E-state index >= 15 is 0 Å². The molecule has 0 aromatic heterocycles. The van der Waals surface area contributed by atoms with Gasteiger partial charge in [0.1, 0.15) is 23.7 Å². The maximum Gasteiger partial charge on any atom is 0.162 e. The number of hydrogen-bond acceptors (Lipinski definition) is 6. The molecule has 0 amide bonds. The number of phenolic OH excluding ortho intramolecular Hbond substituents is 2. The Labute approximate surface area is 151 Å². The van der Waals surface area contributed by atoms with E-state index < -0.39 is 0 Å². The van der Waals surface area contributed by atoms with E-state index in [-0.39, 0.29) is 36.3 Å². The molecule has 2 N–H and O–H groups in total. The van der Waals surface area contributed by atoms with Crippen molar-refractivity contribution in [3.8, 4) is 11.5 Å². The molecule has 2 aliphatic rings. The molecule has 2 fully saturated rings. The molecule has 0 bridgehead atoms. The molecule has 6 nitrogen and oxygen atoms in total. The van der Waals surface area contributed by atoms with Gasteiger partial charge in [0.05, 0.1) is 13.2 Å². The maximum atomic E-state index is 9.35. The summed E-state index contributed by atoms with van der Waals surface area (Å²) in [6, 6.07) is 14.0. The molecule has 2 heterocycles. The Morgan fingerprint density at radius 2 is 1.04 bits per heavy atom. The molecular formula is C20H22O6. The summed E-state index contributed by atoms with van der Waals surface area (Å²) >= 11 is 0. The van der Waals surface area contributed by atoms with Gasteiger partial charge in [-0.1, -0.05) is 24.3 Å². The third kappa shape index (κ3) is 4.16.